The van der Waals surface area contributed by atoms with Crippen LogP contribution in [0.1, 0.15) is 44.7 Å². The van der Waals surface area contributed by atoms with E-state index in [1.165, 1.54) is 0 Å². The van der Waals surface area contributed by atoms with Crippen molar-refractivity contribution >= 4 is 23.2 Å². The summed E-state index contributed by atoms with van der Waals surface area (Å²) in [6.07, 6.45) is 2.24. The van der Waals surface area contributed by atoms with Crippen LogP contribution in [0, 0.1) is 6.92 Å². The van der Waals surface area contributed by atoms with Crippen LogP contribution in [0.25, 0.3) is 0 Å². The van der Waals surface area contributed by atoms with Crippen molar-refractivity contribution in [1.29, 1.82) is 0 Å². The van der Waals surface area contributed by atoms with Gasteiger partial charge in [0.2, 0.25) is 0 Å². The zero-order chi connectivity index (χ0) is 21.6. The number of nitrogens with one attached hydrogen (secondary N) is 2. The van der Waals surface area contributed by atoms with E-state index in [0.717, 1.165) is 42.7 Å². The zero-order valence-corrected chi connectivity index (χ0v) is 17.7. The van der Waals surface area contributed by atoms with Gasteiger partial charge in [-0.15, -0.1) is 0 Å². The summed E-state index contributed by atoms with van der Waals surface area (Å²) in [6, 6.07) is 22.9. The third-order valence-corrected chi connectivity index (χ3v) is 5.63. The molecule has 158 valence electrons. The van der Waals surface area contributed by atoms with Gasteiger partial charge in [0.15, 0.2) is 0 Å². The summed E-state index contributed by atoms with van der Waals surface area (Å²) in [5.41, 5.74) is 4.69. The Balaban J connectivity index is 1.57. The van der Waals surface area contributed by atoms with Gasteiger partial charge in [0.25, 0.3) is 11.8 Å². The van der Waals surface area contributed by atoms with E-state index in [1.54, 1.807) is 12.1 Å². The standard InChI is InChI=1S/C26H27N3O2/c1-19-9-5-6-12-22(19)26(31)28-21-13-14-24(29-15-7-8-16-29)23(17-21)25(30)27-18-20-10-3-2-4-11-20/h2-6,9-14,17H,7-8,15-16,18H2,1H3,(H,27,30)(H,28,31). The Morgan fingerprint density at radius 2 is 1.55 bits per heavy atom. The van der Waals surface area contributed by atoms with E-state index in [0.29, 0.717) is 23.4 Å². The molecule has 1 fully saturated rings. The summed E-state index contributed by atoms with van der Waals surface area (Å²) in [6.45, 7) is 4.24. The van der Waals surface area contributed by atoms with Gasteiger partial charge in [-0.05, 0) is 55.2 Å². The van der Waals surface area contributed by atoms with E-state index >= 15 is 0 Å². The maximum absolute atomic E-state index is 13.1. The minimum atomic E-state index is -0.178. The first-order valence-corrected chi connectivity index (χ1v) is 10.7. The van der Waals surface area contributed by atoms with Crippen molar-refractivity contribution in [3.05, 3.63) is 95.1 Å². The average Bonchev–Trinajstić information content (AvgIpc) is 3.33. The van der Waals surface area contributed by atoms with Gasteiger partial charge < -0.3 is 15.5 Å². The van der Waals surface area contributed by atoms with E-state index in [2.05, 4.69) is 15.5 Å². The molecule has 1 aliphatic heterocycles. The Kier molecular flexibility index (Phi) is 6.32. The summed E-state index contributed by atoms with van der Waals surface area (Å²) < 4.78 is 0. The second kappa shape index (κ2) is 9.47. The van der Waals surface area contributed by atoms with Crippen molar-refractivity contribution in [2.45, 2.75) is 26.3 Å². The van der Waals surface area contributed by atoms with Crippen LogP contribution in [0.2, 0.25) is 0 Å². The van der Waals surface area contributed by atoms with E-state index in [1.807, 2.05) is 67.6 Å². The van der Waals surface area contributed by atoms with Crippen LogP contribution in [0.15, 0.2) is 72.8 Å². The fourth-order valence-corrected chi connectivity index (χ4v) is 3.93. The number of anilines is 2. The topological polar surface area (TPSA) is 61.4 Å². The van der Waals surface area contributed by atoms with Gasteiger partial charge in [0.05, 0.1) is 5.56 Å². The molecule has 3 aromatic carbocycles. The number of amides is 2. The molecule has 3 aromatic rings. The Labute approximate surface area is 183 Å². The SMILES string of the molecule is Cc1ccccc1C(=O)Nc1ccc(N2CCCC2)c(C(=O)NCc2ccccc2)c1. The molecule has 0 aliphatic carbocycles. The lowest BCUT2D eigenvalue weighted by molar-refractivity contribution is 0.0950. The van der Waals surface area contributed by atoms with Crippen molar-refractivity contribution in [3.63, 3.8) is 0 Å². The number of benzene rings is 3. The Bertz CT molecular complexity index is 1070. The third kappa shape index (κ3) is 4.94. The maximum Gasteiger partial charge on any atom is 0.255 e. The second-order valence-electron chi connectivity index (χ2n) is 7.86. The molecule has 31 heavy (non-hydrogen) atoms. The van der Waals surface area contributed by atoms with Gasteiger partial charge in [-0.25, -0.2) is 0 Å². The highest BCUT2D eigenvalue weighted by atomic mass is 16.2. The van der Waals surface area contributed by atoms with Crippen LogP contribution in [-0.4, -0.2) is 24.9 Å². The highest BCUT2D eigenvalue weighted by Gasteiger charge is 2.21. The lowest BCUT2D eigenvalue weighted by atomic mass is 10.1. The minimum Gasteiger partial charge on any atom is -0.371 e. The van der Waals surface area contributed by atoms with Gasteiger partial charge >= 0.3 is 0 Å². The first kappa shape index (κ1) is 20.7. The molecule has 5 heteroatoms. The molecule has 0 saturated carbocycles. The van der Waals surface area contributed by atoms with Crippen molar-refractivity contribution in [2.75, 3.05) is 23.3 Å². The molecule has 0 bridgehead atoms. The Hall–Kier alpha value is -3.60. The molecule has 5 nitrogen and oxygen atoms in total. The van der Waals surface area contributed by atoms with Gasteiger partial charge in [0, 0.05) is 36.6 Å². The second-order valence-corrected chi connectivity index (χ2v) is 7.86. The third-order valence-electron chi connectivity index (χ3n) is 5.63. The smallest absolute Gasteiger partial charge is 0.255 e. The predicted octanol–water partition coefficient (Wildman–Crippen LogP) is 4.78. The fraction of sp³-hybridized carbons (Fsp3) is 0.231. The molecule has 1 aliphatic rings. The lowest BCUT2D eigenvalue weighted by Crippen LogP contribution is -2.27. The quantitative estimate of drug-likeness (QED) is 0.612. The fourth-order valence-electron chi connectivity index (χ4n) is 3.93. The van der Waals surface area contributed by atoms with Crippen LogP contribution < -0.4 is 15.5 Å². The van der Waals surface area contributed by atoms with Crippen LogP contribution in [-0.2, 0) is 6.54 Å². The zero-order valence-electron chi connectivity index (χ0n) is 17.7. The highest BCUT2D eigenvalue weighted by molar-refractivity contribution is 6.07. The van der Waals surface area contributed by atoms with Crippen molar-refractivity contribution in [2.24, 2.45) is 0 Å². The summed E-state index contributed by atoms with van der Waals surface area (Å²) in [5, 5.41) is 5.97. The predicted molar refractivity (Wildman–Crippen MR) is 125 cm³/mol. The number of rotatable bonds is 6. The number of carbonyl (C=O) groups is 2. The van der Waals surface area contributed by atoms with Crippen LogP contribution in [0.3, 0.4) is 0 Å². The highest BCUT2D eigenvalue weighted by Crippen LogP contribution is 2.28. The summed E-state index contributed by atoms with van der Waals surface area (Å²) in [4.78, 5) is 28.1. The number of hydrogen-bond donors (Lipinski definition) is 2. The van der Waals surface area contributed by atoms with Crippen LogP contribution >= 0.6 is 0 Å². The molecule has 0 spiro atoms. The van der Waals surface area contributed by atoms with E-state index in [4.69, 9.17) is 0 Å². The average molecular weight is 414 g/mol. The van der Waals surface area contributed by atoms with Crippen molar-refractivity contribution in [3.8, 4) is 0 Å². The van der Waals surface area contributed by atoms with Gasteiger partial charge in [0.1, 0.15) is 0 Å². The monoisotopic (exact) mass is 413 g/mol. The molecule has 0 aromatic heterocycles. The molecule has 2 N–H and O–H groups in total. The number of hydrogen-bond acceptors (Lipinski definition) is 3. The molecule has 0 radical (unpaired) electrons. The van der Waals surface area contributed by atoms with Gasteiger partial charge in [-0.1, -0.05) is 48.5 Å². The van der Waals surface area contributed by atoms with Crippen LogP contribution in [0.5, 0.6) is 0 Å². The lowest BCUT2D eigenvalue weighted by Gasteiger charge is -2.22. The van der Waals surface area contributed by atoms with E-state index in [-0.39, 0.29) is 11.8 Å². The molecule has 0 atom stereocenters. The maximum atomic E-state index is 13.1. The summed E-state index contributed by atoms with van der Waals surface area (Å²) in [5.74, 6) is -0.319. The molecule has 0 unspecified atom stereocenters. The van der Waals surface area contributed by atoms with Gasteiger partial charge in [-0.2, -0.15) is 0 Å². The molecular formula is C26H27N3O2. The molecule has 2 amide bonds. The van der Waals surface area contributed by atoms with Crippen LogP contribution in [0.4, 0.5) is 11.4 Å². The van der Waals surface area contributed by atoms with Crippen molar-refractivity contribution < 1.29 is 9.59 Å². The Morgan fingerprint density at radius 1 is 0.839 bits per heavy atom. The summed E-state index contributed by atoms with van der Waals surface area (Å²) in [7, 11) is 0. The van der Waals surface area contributed by atoms with Crippen molar-refractivity contribution in [1.82, 2.24) is 5.32 Å². The number of nitrogens with zero attached hydrogens (tertiary/aromatic N) is 1. The normalized spacial score (nSPS) is 13.1. The molecule has 1 saturated heterocycles. The van der Waals surface area contributed by atoms with E-state index in [9.17, 15) is 9.59 Å². The molecule has 1 heterocycles. The Morgan fingerprint density at radius 3 is 2.29 bits per heavy atom. The largest absolute Gasteiger partial charge is 0.371 e. The molecule has 4 rings (SSSR count). The van der Waals surface area contributed by atoms with Gasteiger partial charge in [-0.3, -0.25) is 9.59 Å². The first-order chi connectivity index (χ1) is 15.1. The molecular weight excluding hydrogens is 386 g/mol. The van der Waals surface area contributed by atoms with E-state index < -0.39 is 0 Å². The summed E-state index contributed by atoms with van der Waals surface area (Å²) >= 11 is 0. The number of carbonyl (C=O) groups excluding carboxylic acids is 2. The minimum absolute atomic E-state index is 0.141. The first-order valence-electron chi connectivity index (χ1n) is 10.7. The number of aryl methyl sites for hydroxylation is 1.